The highest BCUT2D eigenvalue weighted by Crippen LogP contribution is 2.34. The van der Waals surface area contributed by atoms with E-state index in [1.54, 1.807) is 18.1 Å². The predicted molar refractivity (Wildman–Crippen MR) is 134 cm³/mol. The highest BCUT2D eigenvalue weighted by molar-refractivity contribution is 7.99. The summed E-state index contributed by atoms with van der Waals surface area (Å²) in [5, 5.41) is 11.8. The molecule has 9 heteroatoms. The van der Waals surface area contributed by atoms with E-state index in [2.05, 4.69) is 4.98 Å². The maximum atomic E-state index is 13.2. The first-order valence-corrected chi connectivity index (χ1v) is 11.7. The Morgan fingerprint density at radius 3 is 2.50 bits per heavy atom. The highest BCUT2D eigenvalue weighted by atomic mass is 32.2. The lowest BCUT2D eigenvalue weighted by molar-refractivity contribution is -0.384. The first-order chi connectivity index (χ1) is 16.4. The number of para-hydroxylation sites is 3. The van der Waals surface area contributed by atoms with Crippen LogP contribution in [0.3, 0.4) is 0 Å². The van der Waals surface area contributed by atoms with Crippen LogP contribution in [0.15, 0.2) is 78.0 Å². The second-order valence-corrected chi connectivity index (χ2v) is 8.76. The number of amides is 1. The Kier molecular flexibility index (Phi) is 6.83. The molecule has 0 spiro atoms. The molecular formula is C25H24N4O4S. The van der Waals surface area contributed by atoms with Crippen molar-refractivity contribution in [1.29, 1.82) is 0 Å². The molecule has 0 atom stereocenters. The molecule has 0 aliphatic heterocycles. The average Bonchev–Trinajstić information content (AvgIpc) is 3.20. The van der Waals surface area contributed by atoms with Crippen LogP contribution >= 0.6 is 11.8 Å². The van der Waals surface area contributed by atoms with E-state index in [-0.39, 0.29) is 23.4 Å². The van der Waals surface area contributed by atoms with Crippen LogP contribution in [-0.2, 0) is 4.79 Å². The van der Waals surface area contributed by atoms with Gasteiger partial charge in [0, 0.05) is 23.9 Å². The van der Waals surface area contributed by atoms with Gasteiger partial charge in [0.25, 0.3) is 5.69 Å². The normalized spacial score (nSPS) is 11.1. The summed E-state index contributed by atoms with van der Waals surface area (Å²) in [6, 6.07) is 21.5. The lowest BCUT2D eigenvalue weighted by atomic mass is 10.2. The molecule has 0 unspecified atom stereocenters. The van der Waals surface area contributed by atoms with Gasteiger partial charge in [0.2, 0.25) is 5.91 Å². The van der Waals surface area contributed by atoms with E-state index in [0.29, 0.717) is 21.9 Å². The first kappa shape index (κ1) is 23.3. The quantitative estimate of drug-likeness (QED) is 0.190. The molecular weight excluding hydrogens is 452 g/mol. The van der Waals surface area contributed by atoms with Gasteiger partial charge in [0.05, 0.1) is 34.5 Å². The maximum Gasteiger partial charge on any atom is 0.271 e. The minimum atomic E-state index is -0.446. The summed E-state index contributed by atoms with van der Waals surface area (Å²) in [6.45, 7) is 3.94. The van der Waals surface area contributed by atoms with Gasteiger partial charge in [-0.1, -0.05) is 42.1 Å². The lowest BCUT2D eigenvalue weighted by Gasteiger charge is -2.26. The van der Waals surface area contributed by atoms with Crippen LogP contribution in [0.5, 0.6) is 5.75 Å². The second-order valence-electron chi connectivity index (χ2n) is 7.81. The fourth-order valence-electron chi connectivity index (χ4n) is 3.82. The van der Waals surface area contributed by atoms with Crippen LogP contribution in [0.25, 0.3) is 16.7 Å². The zero-order valence-corrected chi connectivity index (χ0v) is 19.9. The van der Waals surface area contributed by atoms with Crippen molar-refractivity contribution < 1.29 is 14.5 Å². The zero-order valence-electron chi connectivity index (χ0n) is 19.0. The molecule has 0 radical (unpaired) electrons. The number of nitro benzene ring substituents is 1. The molecule has 0 bridgehead atoms. The number of thioether (sulfide) groups is 1. The highest BCUT2D eigenvalue weighted by Gasteiger charge is 2.23. The number of hydrogen-bond acceptors (Lipinski definition) is 6. The van der Waals surface area contributed by atoms with Gasteiger partial charge in [0.15, 0.2) is 5.16 Å². The summed E-state index contributed by atoms with van der Waals surface area (Å²) in [5.41, 5.74) is 2.68. The van der Waals surface area contributed by atoms with Crippen molar-refractivity contribution in [2.24, 2.45) is 0 Å². The summed E-state index contributed by atoms with van der Waals surface area (Å²) >= 11 is 1.28. The Labute approximate surface area is 201 Å². The van der Waals surface area contributed by atoms with Crippen LogP contribution in [0, 0.1) is 10.1 Å². The molecule has 0 fully saturated rings. The number of ether oxygens (including phenoxy) is 1. The van der Waals surface area contributed by atoms with Gasteiger partial charge in [0.1, 0.15) is 5.75 Å². The Hall–Kier alpha value is -3.85. The third-order valence-electron chi connectivity index (χ3n) is 5.29. The van der Waals surface area contributed by atoms with Crippen LogP contribution < -0.4 is 9.64 Å². The fraction of sp³-hybridized carbons (Fsp3) is 0.200. The summed E-state index contributed by atoms with van der Waals surface area (Å²) < 4.78 is 7.42. The smallest absolute Gasteiger partial charge is 0.271 e. The first-order valence-electron chi connectivity index (χ1n) is 10.7. The van der Waals surface area contributed by atoms with E-state index < -0.39 is 4.92 Å². The molecule has 1 amide bonds. The number of carbonyl (C=O) groups is 1. The number of nitrogens with zero attached hydrogens (tertiary/aromatic N) is 4. The number of anilines is 1. The van der Waals surface area contributed by atoms with E-state index in [1.807, 2.05) is 73.0 Å². The van der Waals surface area contributed by atoms with Gasteiger partial charge >= 0.3 is 0 Å². The largest absolute Gasteiger partial charge is 0.495 e. The molecule has 0 aliphatic carbocycles. The molecule has 174 valence electrons. The number of aromatic nitrogens is 2. The zero-order chi connectivity index (χ0) is 24.2. The third-order valence-corrected chi connectivity index (χ3v) is 6.21. The minimum absolute atomic E-state index is 0.0221. The number of imidazole rings is 1. The predicted octanol–water partition coefficient (Wildman–Crippen LogP) is 5.48. The minimum Gasteiger partial charge on any atom is -0.495 e. The van der Waals surface area contributed by atoms with Gasteiger partial charge in [-0.3, -0.25) is 19.5 Å². The standard InChI is InChI=1S/C25H24N4O4S/c1-17(2)27(18-9-5-4-6-10-18)24(30)16-34-25-26-20-15-19(29(31)32)13-14-21(20)28(25)22-11-7-8-12-23(22)33-3/h4-15,17H,16H2,1-3H3. The number of hydrogen-bond donors (Lipinski definition) is 0. The van der Waals surface area contributed by atoms with Crippen molar-refractivity contribution in [3.05, 3.63) is 82.9 Å². The molecule has 1 aromatic heterocycles. The number of benzene rings is 3. The number of fused-ring (bicyclic) bond motifs is 1. The van der Waals surface area contributed by atoms with Crippen LogP contribution in [-0.4, -0.2) is 39.3 Å². The number of carbonyl (C=O) groups excluding carboxylic acids is 1. The molecule has 0 N–H and O–H groups in total. The third kappa shape index (κ3) is 4.60. The van der Waals surface area contributed by atoms with Gasteiger partial charge in [-0.15, -0.1) is 0 Å². The number of methoxy groups -OCH3 is 1. The molecule has 0 aliphatic rings. The van der Waals surface area contributed by atoms with Gasteiger partial charge < -0.3 is 9.64 Å². The van der Waals surface area contributed by atoms with Crippen molar-refractivity contribution in [2.75, 3.05) is 17.8 Å². The summed E-state index contributed by atoms with van der Waals surface area (Å²) in [5.74, 6) is 0.713. The number of non-ortho nitro benzene ring substituents is 1. The molecule has 34 heavy (non-hydrogen) atoms. The fourth-order valence-corrected chi connectivity index (χ4v) is 4.70. The van der Waals surface area contributed by atoms with Crippen LogP contribution in [0.2, 0.25) is 0 Å². The van der Waals surface area contributed by atoms with E-state index in [4.69, 9.17) is 4.74 Å². The Morgan fingerprint density at radius 1 is 1.12 bits per heavy atom. The molecule has 4 rings (SSSR count). The van der Waals surface area contributed by atoms with Crippen molar-refractivity contribution in [3.8, 4) is 11.4 Å². The molecule has 0 saturated carbocycles. The summed E-state index contributed by atoms with van der Waals surface area (Å²) in [7, 11) is 1.58. The monoisotopic (exact) mass is 476 g/mol. The Bertz CT molecular complexity index is 1340. The van der Waals surface area contributed by atoms with E-state index in [9.17, 15) is 14.9 Å². The molecule has 4 aromatic rings. The summed E-state index contributed by atoms with van der Waals surface area (Å²) in [4.78, 5) is 30.5. The van der Waals surface area contributed by atoms with E-state index >= 15 is 0 Å². The van der Waals surface area contributed by atoms with Crippen LogP contribution in [0.4, 0.5) is 11.4 Å². The maximum absolute atomic E-state index is 13.2. The van der Waals surface area contributed by atoms with Crippen molar-refractivity contribution in [1.82, 2.24) is 9.55 Å². The number of nitro groups is 1. The second kappa shape index (κ2) is 9.96. The van der Waals surface area contributed by atoms with Gasteiger partial charge in [-0.2, -0.15) is 0 Å². The van der Waals surface area contributed by atoms with Crippen molar-refractivity contribution in [3.63, 3.8) is 0 Å². The Balaban J connectivity index is 1.74. The molecule has 0 saturated heterocycles. The SMILES string of the molecule is COc1ccccc1-n1c(SCC(=O)N(c2ccccc2)C(C)C)nc2cc([N+](=O)[O-])ccc21. The van der Waals surface area contributed by atoms with Gasteiger partial charge in [-0.25, -0.2) is 4.98 Å². The van der Waals surface area contributed by atoms with E-state index in [1.165, 1.54) is 23.9 Å². The average molecular weight is 477 g/mol. The van der Waals surface area contributed by atoms with Crippen LogP contribution in [0.1, 0.15) is 13.8 Å². The van der Waals surface area contributed by atoms with E-state index in [0.717, 1.165) is 11.4 Å². The summed E-state index contributed by atoms with van der Waals surface area (Å²) in [6.07, 6.45) is 0. The molecule has 8 nitrogen and oxygen atoms in total. The number of rotatable bonds is 8. The topological polar surface area (TPSA) is 90.5 Å². The Morgan fingerprint density at radius 2 is 1.82 bits per heavy atom. The van der Waals surface area contributed by atoms with Crippen molar-refractivity contribution >= 4 is 40.1 Å². The molecule has 1 heterocycles. The lowest BCUT2D eigenvalue weighted by Crippen LogP contribution is -2.38. The van der Waals surface area contributed by atoms with Gasteiger partial charge in [-0.05, 0) is 44.2 Å². The molecule has 3 aromatic carbocycles. The van der Waals surface area contributed by atoms with Crippen molar-refractivity contribution in [2.45, 2.75) is 25.0 Å².